The van der Waals surface area contributed by atoms with Crippen molar-refractivity contribution in [3.8, 4) is 0 Å². The maximum Gasteiger partial charge on any atom is 0.332 e. The quantitative estimate of drug-likeness (QED) is 0.366. The van der Waals surface area contributed by atoms with Crippen LogP contribution in [0.25, 0.3) is 0 Å². The zero-order chi connectivity index (χ0) is 11.6. The Labute approximate surface area is 85.8 Å². The maximum atomic E-state index is 9.93. The van der Waals surface area contributed by atoms with Crippen molar-refractivity contribution in [1.82, 2.24) is 0 Å². The van der Waals surface area contributed by atoms with Crippen LogP contribution in [0.1, 0.15) is 0 Å². The van der Waals surface area contributed by atoms with E-state index in [9.17, 15) is 4.79 Å². The molecule has 0 amide bonds. The molecule has 7 nitrogen and oxygen atoms in total. The Bertz CT molecular complexity index is 173. The van der Waals surface area contributed by atoms with Crippen molar-refractivity contribution in [1.29, 1.82) is 0 Å². The van der Waals surface area contributed by atoms with Gasteiger partial charge in [0.1, 0.15) is 26.9 Å². The van der Waals surface area contributed by atoms with Gasteiger partial charge in [0, 0.05) is 0 Å². The van der Waals surface area contributed by atoms with Gasteiger partial charge >= 0.3 is 11.9 Å². The topological polar surface area (TPSA) is 124 Å². The monoisotopic (exact) mass is 242 g/mol. The predicted molar refractivity (Wildman–Crippen MR) is 52.7 cm³/mol. The Kier molecular flexibility index (Phi) is 11.6. The Morgan fingerprint density at radius 3 is 2.07 bits per heavy atom. The summed E-state index contributed by atoms with van der Waals surface area (Å²) in [5.74, 6) is -2.34. The third-order valence-corrected chi connectivity index (χ3v) is 3.43. The molecule has 0 aromatic heterocycles. The zero-order valence-corrected chi connectivity index (χ0v) is 11.1. The Balaban J connectivity index is 0. The summed E-state index contributed by atoms with van der Waals surface area (Å²) >= 11 is 0. The minimum Gasteiger partial charge on any atom is -0.480 e. The molecule has 0 spiro atoms. The first-order valence-electron chi connectivity index (χ1n) is 3.68. The van der Waals surface area contributed by atoms with Gasteiger partial charge in [-0.2, -0.15) is 0 Å². The third kappa shape index (κ3) is 13.8. The molecule has 0 aliphatic rings. The highest BCUT2D eigenvalue weighted by molar-refractivity contribution is 6.34. The van der Waals surface area contributed by atoms with E-state index in [0.29, 0.717) is 16.5 Å². The summed E-state index contributed by atoms with van der Waals surface area (Å²) in [7, 11) is -0.0896. The molecule has 4 N–H and O–H groups in total. The van der Waals surface area contributed by atoms with E-state index in [1.54, 1.807) is 0 Å². The number of hydrogen-bond donors (Lipinski definition) is 4. The molecule has 0 aliphatic heterocycles. The lowest BCUT2D eigenvalue weighted by atomic mass is 10.4. The van der Waals surface area contributed by atoms with Crippen LogP contribution in [0.5, 0.6) is 0 Å². The fourth-order valence-corrected chi connectivity index (χ4v) is 1.77. The van der Waals surface area contributed by atoms with Gasteiger partial charge in [0.15, 0.2) is 6.10 Å². The lowest BCUT2D eigenvalue weighted by Gasteiger charge is -2.01. The van der Waals surface area contributed by atoms with Crippen molar-refractivity contribution < 1.29 is 34.1 Å². The fourth-order valence-electron chi connectivity index (χ4n) is 0.353. The van der Waals surface area contributed by atoms with Crippen molar-refractivity contribution >= 4 is 32.2 Å². The first kappa shape index (κ1) is 15.7. The second-order valence-electron chi connectivity index (χ2n) is 2.19. The van der Waals surface area contributed by atoms with Crippen LogP contribution >= 0.6 is 0 Å². The summed E-state index contributed by atoms with van der Waals surface area (Å²) in [6.45, 7) is -0.778. The minimum atomic E-state index is -1.20. The SMILES string of the molecule is O=C(O)C(O)C[SiH2]O[SiH3].O=C(O)CO. The van der Waals surface area contributed by atoms with Crippen LogP contribution < -0.4 is 0 Å². The highest BCUT2D eigenvalue weighted by atomic mass is 28.3. The number of aliphatic carboxylic acids is 2. The standard InChI is InChI=1S/C3H10O4Si2.C2H4O3/c4-2(3(5)6)1-9-7-8;3-1-2(4)5/h2,4H,1,9H2,8H3,(H,5,6);3H,1H2,(H,4,5). The lowest BCUT2D eigenvalue weighted by molar-refractivity contribution is -0.145. The molecular formula is C5H14O7Si2. The van der Waals surface area contributed by atoms with Gasteiger partial charge < -0.3 is 24.5 Å². The van der Waals surface area contributed by atoms with E-state index in [0.717, 1.165) is 0 Å². The Hall–Kier alpha value is -0.746. The van der Waals surface area contributed by atoms with Gasteiger partial charge in [-0.15, -0.1) is 0 Å². The molecule has 0 rings (SSSR count). The fraction of sp³-hybridized carbons (Fsp3) is 0.600. The molecular weight excluding hydrogens is 228 g/mol. The Morgan fingerprint density at radius 1 is 1.43 bits per heavy atom. The summed E-state index contributed by atoms with van der Waals surface area (Å²) in [4.78, 5) is 19.1. The Morgan fingerprint density at radius 2 is 1.86 bits per heavy atom. The molecule has 0 aliphatic carbocycles. The van der Waals surface area contributed by atoms with E-state index in [1.807, 2.05) is 0 Å². The molecule has 0 aromatic rings. The zero-order valence-electron chi connectivity index (χ0n) is 7.71. The molecule has 0 fully saturated rings. The van der Waals surface area contributed by atoms with Crippen LogP contribution in [0.2, 0.25) is 6.04 Å². The molecule has 84 valence electrons. The van der Waals surface area contributed by atoms with Crippen LogP contribution in [0.15, 0.2) is 0 Å². The average molecular weight is 242 g/mol. The van der Waals surface area contributed by atoms with Crippen molar-refractivity contribution in [3.05, 3.63) is 0 Å². The largest absolute Gasteiger partial charge is 0.480 e. The van der Waals surface area contributed by atoms with Gasteiger partial charge in [0.2, 0.25) is 0 Å². The molecule has 0 heterocycles. The summed E-state index contributed by atoms with van der Waals surface area (Å²) in [5, 5.41) is 31.8. The molecule has 0 saturated carbocycles. The van der Waals surface area contributed by atoms with Crippen molar-refractivity contribution in [2.24, 2.45) is 0 Å². The summed E-state index contributed by atoms with van der Waals surface area (Å²) < 4.78 is 4.82. The van der Waals surface area contributed by atoms with Gasteiger partial charge in [-0.05, 0) is 6.04 Å². The van der Waals surface area contributed by atoms with Crippen LogP contribution in [0.4, 0.5) is 0 Å². The summed E-state index contributed by atoms with van der Waals surface area (Å²) in [5.41, 5.74) is 0. The van der Waals surface area contributed by atoms with Crippen LogP contribution in [0.3, 0.4) is 0 Å². The van der Waals surface area contributed by atoms with E-state index >= 15 is 0 Å². The smallest absolute Gasteiger partial charge is 0.332 e. The second kappa shape index (κ2) is 10.3. The summed E-state index contributed by atoms with van der Waals surface area (Å²) in [6.07, 6.45) is -1.20. The number of carboxylic acids is 2. The van der Waals surface area contributed by atoms with Gasteiger partial charge in [-0.25, -0.2) is 9.59 Å². The van der Waals surface area contributed by atoms with Gasteiger partial charge in [-0.1, -0.05) is 0 Å². The van der Waals surface area contributed by atoms with Crippen molar-refractivity contribution in [2.45, 2.75) is 12.1 Å². The number of rotatable bonds is 5. The van der Waals surface area contributed by atoms with Gasteiger partial charge in [-0.3, -0.25) is 0 Å². The van der Waals surface area contributed by atoms with E-state index < -0.39 is 34.4 Å². The third-order valence-electron chi connectivity index (χ3n) is 1.02. The molecule has 9 heteroatoms. The number of carboxylic acid groups (broad SMARTS) is 2. The highest BCUT2D eigenvalue weighted by Crippen LogP contribution is 1.89. The minimum absolute atomic E-state index is 0.318. The second-order valence-corrected chi connectivity index (χ2v) is 5.48. The lowest BCUT2D eigenvalue weighted by Crippen LogP contribution is -2.21. The van der Waals surface area contributed by atoms with Crippen LogP contribution in [-0.4, -0.2) is 65.3 Å². The molecule has 1 unspecified atom stereocenters. The van der Waals surface area contributed by atoms with Crippen LogP contribution in [-0.2, 0) is 13.7 Å². The van der Waals surface area contributed by atoms with E-state index in [-0.39, 0.29) is 0 Å². The number of aliphatic hydroxyl groups excluding tert-OH is 2. The number of hydrogen-bond acceptors (Lipinski definition) is 5. The number of aliphatic hydroxyl groups is 2. The van der Waals surface area contributed by atoms with E-state index in [4.69, 9.17) is 29.3 Å². The number of carbonyl (C=O) groups is 2. The molecule has 1 atom stereocenters. The van der Waals surface area contributed by atoms with Gasteiger partial charge in [0.25, 0.3) is 0 Å². The molecule has 0 saturated heterocycles. The van der Waals surface area contributed by atoms with Gasteiger partial charge in [0.05, 0.1) is 0 Å². The maximum absolute atomic E-state index is 9.93. The molecule has 14 heavy (non-hydrogen) atoms. The molecule has 0 aromatic carbocycles. The van der Waals surface area contributed by atoms with E-state index in [1.165, 1.54) is 0 Å². The first-order valence-corrected chi connectivity index (χ1v) is 6.07. The highest BCUT2D eigenvalue weighted by Gasteiger charge is 2.11. The molecule has 0 bridgehead atoms. The summed E-state index contributed by atoms with van der Waals surface area (Å²) in [6, 6.07) is 0.318. The van der Waals surface area contributed by atoms with Crippen molar-refractivity contribution in [3.63, 3.8) is 0 Å². The van der Waals surface area contributed by atoms with Crippen molar-refractivity contribution in [2.75, 3.05) is 6.61 Å². The predicted octanol–water partition coefficient (Wildman–Crippen LogP) is -3.71. The van der Waals surface area contributed by atoms with Crippen LogP contribution in [0, 0.1) is 0 Å². The molecule has 0 radical (unpaired) electrons. The normalized spacial score (nSPS) is 12.1. The average Bonchev–Trinajstić information content (AvgIpc) is 2.14. The first-order chi connectivity index (χ1) is 6.45. The van der Waals surface area contributed by atoms with E-state index in [2.05, 4.69) is 0 Å².